The number of H-pyrrole nitrogens is 1. The second-order valence-corrected chi connectivity index (χ2v) is 11.0. The van der Waals surface area contributed by atoms with Gasteiger partial charge in [-0.25, -0.2) is 9.18 Å². The number of esters is 1. The molecule has 37 heavy (non-hydrogen) atoms. The van der Waals surface area contributed by atoms with Gasteiger partial charge in [0.2, 0.25) is 5.67 Å². The van der Waals surface area contributed by atoms with E-state index in [9.17, 15) is 9.18 Å². The van der Waals surface area contributed by atoms with E-state index in [1.807, 2.05) is 35.2 Å². The number of hydrogen-bond donors (Lipinski definition) is 1. The fraction of sp³-hybridized carbons (Fsp3) is 0.429. The van der Waals surface area contributed by atoms with Gasteiger partial charge in [0.25, 0.3) is 0 Å². The first-order chi connectivity index (χ1) is 17.7. The normalized spacial score (nSPS) is 21.5. The summed E-state index contributed by atoms with van der Waals surface area (Å²) in [4.78, 5) is 13.7. The van der Waals surface area contributed by atoms with Gasteiger partial charge in [-0.3, -0.25) is 10.00 Å². The minimum absolute atomic E-state index is 0.0583. The number of likely N-dealkylation sites (tertiary alicyclic amines) is 1. The van der Waals surface area contributed by atoms with Gasteiger partial charge in [-0.1, -0.05) is 43.7 Å². The Labute approximate surface area is 225 Å². The predicted molar refractivity (Wildman–Crippen MR) is 144 cm³/mol. The smallest absolute Gasteiger partial charge is 0.345 e. The van der Waals surface area contributed by atoms with Crippen molar-refractivity contribution < 1.29 is 18.7 Å². The van der Waals surface area contributed by atoms with Gasteiger partial charge in [0.1, 0.15) is 17.4 Å². The second-order valence-electron chi connectivity index (χ2n) is 10.2. The monoisotopic (exact) mass is 545 g/mol. The molecular formula is C28H30Cl2FN3O3. The second kappa shape index (κ2) is 10.3. The number of aromatic nitrogens is 2. The van der Waals surface area contributed by atoms with Gasteiger partial charge in [0.05, 0.1) is 12.6 Å². The lowest BCUT2D eigenvalue weighted by Crippen LogP contribution is -2.40. The van der Waals surface area contributed by atoms with E-state index in [2.05, 4.69) is 40.9 Å². The van der Waals surface area contributed by atoms with Gasteiger partial charge >= 0.3 is 5.97 Å². The highest BCUT2D eigenvalue weighted by atomic mass is 35.5. The van der Waals surface area contributed by atoms with E-state index in [-0.39, 0.29) is 25.0 Å². The number of fused-ring (bicyclic) bond motifs is 2. The van der Waals surface area contributed by atoms with Crippen LogP contribution in [0.25, 0.3) is 17.0 Å². The summed E-state index contributed by atoms with van der Waals surface area (Å²) in [6.07, 6.45) is 3.56. The van der Waals surface area contributed by atoms with Crippen molar-refractivity contribution in [2.75, 3.05) is 20.2 Å². The van der Waals surface area contributed by atoms with E-state index in [0.29, 0.717) is 11.7 Å². The predicted octanol–water partition coefficient (Wildman–Crippen LogP) is 6.47. The molecule has 1 aliphatic carbocycles. The molecule has 1 saturated heterocycles. The first kappa shape index (κ1) is 26.0. The summed E-state index contributed by atoms with van der Waals surface area (Å²) < 4.78 is 26.0. The number of aromatic amines is 1. The van der Waals surface area contributed by atoms with Crippen LogP contribution >= 0.6 is 23.2 Å². The summed E-state index contributed by atoms with van der Waals surface area (Å²) in [5, 5.41) is 8.33. The molecule has 1 fully saturated rings. The van der Waals surface area contributed by atoms with E-state index in [1.165, 1.54) is 12.7 Å². The van der Waals surface area contributed by atoms with Crippen molar-refractivity contribution in [3.8, 4) is 5.75 Å². The van der Waals surface area contributed by atoms with E-state index in [1.54, 1.807) is 0 Å². The van der Waals surface area contributed by atoms with Crippen LogP contribution in [-0.2, 0) is 16.0 Å². The minimum Gasteiger partial charge on any atom is -0.485 e. The number of carbonyl (C=O) groups is 1. The summed E-state index contributed by atoms with van der Waals surface area (Å²) in [5.74, 6) is 0.201. The van der Waals surface area contributed by atoms with Crippen molar-refractivity contribution in [2.24, 2.45) is 5.92 Å². The summed E-state index contributed by atoms with van der Waals surface area (Å²) >= 11 is 13.0. The topological polar surface area (TPSA) is 67.4 Å². The van der Waals surface area contributed by atoms with Crippen LogP contribution in [0.1, 0.15) is 49.5 Å². The first-order valence-corrected chi connectivity index (χ1v) is 13.3. The van der Waals surface area contributed by atoms with Crippen molar-refractivity contribution in [3.63, 3.8) is 0 Å². The number of nitrogens with zero attached hydrogens (tertiary/aromatic N) is 2. The first-order valence-electron chi connectivity index (χ1n) is 12.5. The fourth-order valence-electron chi connectivity index (χ4n) is 5.24. The van der Waals surface area contributed by atoms with E-state index >= 15 is 0 Å². The zero-order chi connectivity index (χ0) is 26.3. The molecule has 2 heterocycles. The molecule has 0 saturated carbocycles. The van der Waals surface area contributed by atoms with Crippen LogP contribution in [0.2, 0.25) is 5.15 Å². The lowest BCUT2D eigenvalue weighted by molar-refractivity contribution is -0.153. The van der Waals surface area contributed by atoms with E-state index in [0.717, 1.165) is 46.2 Å². The van der Waals surface area contributed by atoms with Crippen molar-refractivity contribution in [3.05, 3.63) is 63.8 Å². The average Bonchev–Trinajstić information content (AvgIpc) is 3.49. The molecular weight excluding hydrogens is 516 g/mol. The summed E-state index contributed by atoms with van der Waals surface area (Å²) in [5.41, 5.74) is 2.73. The zero-order valence-corrected chi connectivity index (χ0v) is 22.6. The summed E-state index contributed by atoms with van der Waals surface area (Å²) in [7, 11) is 1.21. The van der Waals surface area contributed by atoms with Gasteiger partial charge in [-0.05, 0) is 65.3 Å². The summed E-state index contributed by atoms with van der Waals surface area (Å²) in [6, 6.07) is 12.1. The highest BCUT2D eigenvalue weighted by molar-refractivity contribution is 6.34. The molecule has 3 unspecified atom stereocenters. The fourth-order valence-corrected chi connectivity index (χ4v) is 5.78. The highest BCUT2D eigenvalue weighted by Crippen LogP contribution is 2.37. The Morgan fingerprint density at radius 1 is 1.22 bits per heavy atom. The molecule has 1 aromatic heterocycles. The number of aryl methyl sites for hydroxylation is 1. The van der Waals surface area contributed by atoms with Crippen LogP contribution in [0.4, 0.5) is 4.39 Å². The van der Waals surface area contributed by atoms with Crippen molar-refractivity contribution in [1.29, 1.82) is 0 Å². The molecule has 2 aliphatic rings. The number of benzene rings is 2. The van der Waals surface area contributed by atoms with Crippen molar-refractivity contribution in [1.82, 2.24) is 15.1 Å². The molecule has 3 atom stereocenters. The Morgan fingerprint density at radius 3 is 2.78 bits per heavy atom. The number of ether oxygens (including phenoxy) is 2. The number of rotatable bonds is 7. The van der Waals surface area contributed by atoms with Crippen LogP contribution in [0.3, 0.4) is 0 Å². The molecule has 1 N–H and O–H groups in total. The molecule has 6 nitrogen and oxygen atoms in total. The molecule has 0 radical (unpaired) electrons. The molecule has 9 heteroatoms. The van der Waals surface area contributed by atoms with Gasteiger partial charge in [-0.2, -0.15) is 5.10 Å². The third-order valence-corrected chi connectivity index (χ3v) is 8.15. The largest absolute Gasteiger partial charge is 0.485 e. The zero-order valence-electron chi connectivity index (χ0n) is 21.1. The molecule has 196 valence electrons. The molecule has 1 aliphatic heterocycles. The molecule has 0 amide bonds. The maximum Gasteiger partial charge on any atom is 0.345 e. The van der Waals surface area contributed by atoms with Gasteiger partial charge < -0.3 is 9.47 Å². The number of methoxy groups -OCH3 is 1. The lowest BCUT2D eigenvalue weighted by atomic mass is 9.91. The average molecular weight is 546 g/mol. The number of halogens is 3. The molecule has 0 bridgehead atoms. The Bertz CT molecular complexity index is 1360. The van der Waals surface area contributed by atoms with Crippen molar-refractivity contribution >= 4 is 46.2 Å². The number of carbonyl (C=O) groups excluding carboxylic acids is 1. The molecule has 2 aromatic carbocycles. The maximum atomic E-state index is 14.9. The highest BCUT2D eigenvalue weighted by Gasteiger charge is 2.48. The number of hydrogen-bond acceptors (Lipinski definition) is 5. The van der Waals surface area contributed by atoms with Crippen LogP contribution in [0, 0.1) is 5.92 Å². The maximum absolute atomic E-state index is 14.9. The number of alkyl halides is 2. The van der Waals surface area contributed by atoms with Crippen LogP contribution in [-0.4, -0.2) is 52.4 Å². The van der Waals surface area contributed by atoms with Crippen LogP contribution in [0.5, 0.6) is 5.75 Å². The van der Waals surface area contributed by atoms with Gasteiger partial charge in [-0.15, -0.1) is 11.6 Å². The molecule has 5 rings (SSSR count). The number of nitrogens with one attached hydrogen (secondary N) is 1. The Morgan fingerprint density at radius 2 is 2.03 bits per heavy atom. The Hall–Kier alpha value is -2.61. The molecule has 3 aromatic rings. The SMILES string of the molecule is COC(=O)C1(F)CCN(C(Cl)C2=Cc3ccc(OC(c4ccc5[nH]nc(Cl)c5c4)C(C)C)cc3CC2)C1. The third kappa shape index (κ3) is 5.09. The Balaban J connectivity index is 1.32. The Kier molecular flexibility index (Phi) is 7.22. The van der Waals surface area contributed by atoms with Crippen LogP contribution < -0.4 is 4.74 Å². The minimum atomic E-state index is -2.00. The summed E-state index contributed by atoms with van der Waals surface area (Å²) in [6.45, 7) is 4.61. The van der Waals surface area contributed by atoms with E-state index in [4.69, 9.17) is 27.9 Å². The molecule has 0 spiro atoms. The third-order valence-electron chi connectivity index (χ3n) is 7.30. The standard InChI is InChI=1S/C28H30Cl2FN3O3/c1-16(2)24(19-7-9-23-22(14-19)25(29)33-32-23)37-21-8-6-17-12-20(5-4-18(17)13-21)26(30)34-11-10-28(31,15-34)27(35)36-3/h6-9,12-14,16,24,26H,4-5,10-11,15H2,1-3H3,(H,32,33). The van der Waals surface area contributed by atoms with E-state index < -0.39 is 17.1 Å². The quantitative estimate of drug-likeness (QED) is 0.209. The van der Waals surface area contributed by atoms with Gasteiger partial charge in [0.15, 0.2) is 5.15 Å². The lowest BCUT2D eigenvalue weighted by Gasteiger charge is -2.28. The van der Waals surface area contributed by atoms with Crippen molar-refractivity contribution in [2.45, 2.75) is 50.4 Å². The van der Waals surface area contributed by atoms with Gasteiger partial charge in [0, 0.05) is 24.9 Å². The van der Waals surface area contributed by atoms with Crippen LogP contribution in [0.15, 0.2) is 42.0 Å².